The predicted octanol–water partition coefficient (Wildman–Crippen LogP) is -3.37. The Labute approximate surface area is 184 Å². The van der Waals surface area contributed by atoms with Crippen LogP contribution in [0.4, 0.5) is 0 Å². The summed E-state index contributed by atoms with van der Waals surface area (Å²) in [5.74, 6) is -7.11. The molecule has 0 aromatic rings. The molecule has 5 unspecified atom stereocenters. The van der Waals surface area contributed by atoms with E-state index >= 15 is 0 Å². The van der Waals surface area contributed by atoms with Gasteiger partial charge in [-0.2, -0.15) is 0 Å². The number of carboxylic acids is 2. The van der Waals surface area contributed by atoms with Gasteiger partial charge in [-0.15, -0.1) is 0 Å². The van der Waals surface area contributed by atoms with Gasteiger partial charge in [0.05, 0.1) is 12.5 Å². The molecule has 0 aliphatic carbocycles. The van der Waals surface area contributed by atoms with Crippen molar-refractivity contribution in [2.75, 3.05) is 0 Å². The lowest BCUT2D eigenvalue weighted by molar-refractivity contribution is -0.143. The number of carbonyl (C=O) groups is 6. The number of aliphatic hydroxyl groups excluding tert-OH is 1. The molecule has 0 spiro atoms. The van der Waals surface area contributed by atoms with Gasteiger partial charge in [-0.25, -0.2) is 4.79 Å². The fourth-order valence-corrected chi connectivity index (χ4v) is 2.47. The molecule has 0 aliphatic heterocycles. The minimum atomic E-state index is -1.59. The SMILES string of the molecule is CC(C)C(NC(=O)C(CC(N)=O)NC(=O)C(CCC(=O)O)NC(=O)C(N)C(C)O)C(=O)O. The van der Waals surface area contributed by atoms with E-state index in [0.717, 1.165) is 0 Å². The highest BCUT2D eigenvalue weighted by Gasteiger charge is 2.32. The Bertz CT molecular complexity index is 726. The normalized spacial score (nSPS) is 15.6. The van der Waals surface area contributed by atoms with E-state index in [1.165, 1.54) is 20.8 Å². The van der Waals surface area contributed by atoms with Crippen molar-refractivity contribution in [3.63, 3.8) is 0 Å². The highest BCUT2D eigenvalue weighted by atomic mass is 16.4. The average Bonchev–Trinajstić information content (AvgIpc) is 2.66. The molecule has 10 N–H and O–H groups in total. The summed E-state index contributed by atoms with van der Waals surface area (Å²) in [5, 5.41) is 34.1. The summed E-state index contributed by atoms with van der Waals surface area (Å²) >= 11 is 0. The van der Waals surface area contributed by atoms with Crippen molar-refractivity contribution in [2.24, 2.45) is 17.4 Å². The number of carbonyl (C=O) groups excluding carboxylic acids is 4. The van der Waals surface area contributed by atoms with E-state index in [0.29, 0.717) is 0 Å². The van der Waals surface area contributed by atoms with Crippen LogP contribution >= 0.6 is 0 Å². The van der Waals surface area contributed by atoms with Crippen molar-refractivity contribution in [3.05, 3.63) is 0 Å². The highest BCUT2D eigenvalue weighted by molar-refractivity contribution is 5.96. The van der Waals surface area contributed by atoms with Crippen LogP contribution in [-0.2, 0) is 28.8 Å². The first kappa shape index (κ1) is 28.7. The van der Waals surface area contributed by atoms with E-state index in [1.54, 1.807) is 0 Å². The van der Waals surface area contributed by atoms with Crippen molar-refractivity contribution in [1.29, 1.82) is 0 Å². The summed E-state index contributed by atoms with van der Waals surface area (Å²) in [6, 6.07) is -5.80. The van der Waals surface area contributed by atoms with Crippen LogP contribution in [0.2, 0.25) is 0 Å². The first-order valence-electron chi connectivity index (χ1n) is 9.75. The molecule has 0 fully saturated rings. The van der Waals surface area contributed by atoms with Gasteiger partial charge in [-0.3, -0.25) is 24.0 Å². The molecule has 182 valence electrons. The third-order valence-corrected chi connectivity index (χ3v) is 4.37. The van der Waals surface area contributed by atoms with Crippen molar-refractivity contribution in [2.45, 2.75) is 70.3 Å². The Morgan fingerprint density at radius 2 is 1.34 bits per heavy atom. The van der Waals surface area contributed by atoms with Crippen LogP contribution in [0.3, 0.4) is 0 Å². The number of aliphatic carboxylic acids is 2. The fraction of sp³-hybridized carbons (Fsp3) is 0.667. The number of nitrogens with one attached hydrogen (secondary N) is 3. The molecule has 0 rings (SSSR count). The van der Waals surface area contributed by atoms with E-state index in [1.807, 2.05) is 0 Å². The largest absolute Gasteiger partial charge is 0.481 e. The van der Waals surface area contributed by atoms with E-state index in [4.69, 9.17) is 16.6 Å². The Balaban J connectivity index is 5.59. The van der Waals surface area contributed by atoms with Crippen LogP contribution in [0.25, 0.3) is 0 Å². The lowest BCUT2D eigenvalue weighted by atomic mass is 10.0. The van der Waals surface area contributed by atoms with Crippen LogP contribution in [0.5, 0.6) is 0 Å². The molecule has 32 heavy (non-hydrogen) atoms. The van der Waals surface area contributed by atoms with E-state index in [-0.39, 0.29) is 0 Å². The second-order valence-corrected chi connectivity index (χ2v) is 7.56. The summed E-state index contributed by atoms with van der Waals surface area (Å²) in [5.41, 5.74) is 10.6. The third kappa shape index (κ3) is 10.2. The molecular formula is C18H31N5O9. The molecule has 0 heterocycles. The van der Waals surface area contributed by atoms with E-state index in [9.17, 15) is 39.0 Å². The molecule has 4 amide bonds. The maximum absolute atomic E-state index is 12.7. The summed E-state index contributed by atoms with van der Waals surface area (Å²) < 4.78 is 0. The van der Waals surface area contributed by atoms with Crippen LogP contribution in [0.15, 0.2) is 0 Å². The van der Waals surface area contributed by atoms with E-state index < -0.39 is 91.0 Å². The molecule has 5 atom stereocenters. The van der Waals surface area contributed by atoms with Gasteiger partial charge in [0.2, 0.25) is 23.6 Å². The number of rotatable bonds is 14. The Morgan fingerprint density at radius 3 is 1.75 bits per heavy atom. The number of nitrogens with two attached hydrogens (primary N) is 2. The van der Waals surface area contributed by atoms with Gasteiger partial charge in [-0.1, -0.05) is 13.8 Å². The van der Waals surface area contributed by atoms with Crippen LogP contribution < -0.4 is 27.4 Å². The number of carboxylic acid groups (broad SMARTS) is 2. The zero-order valence-electron chi connectivity index (χ0n) is 18.0. The third-order valence-electron chi connectivity index (χ3n) is 4.37. The van der Waals surface area contributed by atoms with Gasteiger partial charge in [0.15, 0.2) is 0 Å². The monoisotopic (exact) mass is 461 g/mol. The van der Waals surface area contributed by atoms with E-state index in [2.05, 4.69) is 16.0 Å². The second kappa shape index (κ2) is 13.2. The van der Waals surface area contributed by atoms with Gasteiger partial charge in [0.1, 0.15) is 24.2 Å². The van der Waals surface area contributed by atoms with Gasteiger partial charge in [-0.05, 0) is 19.3 Å². The second-order valence-electron chi connectivity index (χ2n) is 7.56. The first-order chi connectivity index (χ1) is 14.7. The fourth-order valence-electron chi connectivity index (χ4n) is 2.47. The molecule has 0 aromatic carbocycles. The van der Waals surface area contributed by atoms with Crippen LogP contribution in [0.1, 0.15) is 40.0 Å². The number of aliphatic hydroxyl groups is 1. The predicted molar refractivity (Wildman–Crippen MR) is 109 cm³/mol. The summed E-state index contributed by atoms with van der Waals surface area (Å²) in [4.78, 5) is 70.8. The van der Waals surface area contributed by atoms with Crippen molar-refractivity contribution in [1.82, 2.24) is 16.0 Å². The molecule has 0 saturated heterocycles. The van der Waals surface area contributed by atoms with Crippen molar-refractivity contribution >= 4 is 35.6 Å². The number of primary amides is 1. The molecule has 0 saturated carbocycles. The molecule has 0 bridgehead atoms. The zero-order chi connectivity index (χ0) is 25.2. The van der Waals surface area contributed by atoms with Crippen molar-refractivity contribution < 1.29 is 44.1 Å². The Hall–Kier alpha value is -3.26. The zero-order valence-corrected chi connectivity index (χ0v) is 18.0. The molecule has 0 aromatic heterocycles. The molecule has 14 nitrogen and oxygen atoms in total. The highest BCUT2D eigenvalue weighted by Crippen LogP contribution is 2.05. The summed E-state index contributed by atoms with van der Waals surface area (Å²) in [6.45, 7) is 4.30. The van der Waals surface area contributed by atoms with Crippen molar-refractivity contribution in [3.8, 4) is 0 Å². The van der Waals surface area contributed by atoms with Crippen LogP contribution in [0, 0.1) is 5.92 Å². The van der Waals surface area contributed by atoms with Gasteiger partial charge in [0.25, 0.3) is 0 Å². The van der Waals surface area contributed by atoms with Crippen LogP contribution in [-0.4, -0.2) is 81.2 Å². The standard InChI is InChI=1S/C18H31N5O9/c1-7(2)14(18(31)32)23-16(29)10(6-11(19)25)22-15(28)9(4-5-12(26)27)21-17(30)13(20)8(3)24/h7-10,13-14,24H,4-6,20H2,1-3H3,(H2,19,25)(H,21,30)(H,22,28)(H,23,29)(H,26,27)(H,31,32). The molecule has 14 heteroatoms. The number of amides is 4. The smallest absolute Gasteiger partial charge is 0.326 e. The summed E-state index contributed by atoms with van der Waals surface area (Å²) in [6.07, 6.45) is -2.89. The quantitative estimate of drug-likeness (QED) is 0.127. The minimum Gasteiger partial charge on any atom is -0.481 e. The number of hydrogen-bond donors (Lipinski definition) is 8. The molecule has 0 radical (unpaired) electrons. The molecule has 0 aliphatic rings. The average molecular weight is 461 g/mol. The Morgan fingerprint density at radius 1 is 0.844 bits per heavy atom. The maximum atomic E-state index is 12.7. The van der Waals surface area contributed by atoms with Gasteiger partial charge >= 0.3 is 11.9 Å². The Kier molecular flexibility index (Phi) is 11.9. The van der Waals surface area contributed by atoms with Gasteiger partial charge < -0.3 is 42.7 Å². The molecular weight excluding hydrogens is 430 g/mol. The lowest BCUT2D eigenvalue weighted by Crippen LogP contribution is -2.59. The number of hydrogen-bond acceptors (Lipinski definition) is 8. The minimum absolute atomic E-state index is 0.395. The maximum Gasteiger partial charge on any atom is 0.326 e. The topological polar surface area (TPSA) is 251 Å². The summed E-state index contributed by atoms with van der Waals surface area (Å²) in [7, 11) is 0. The van der Waals surface area contributed by atoms with Gasteiger partial charge in [0, 0.05) is 6.42 Å². The lowest BCUT2D eigenvalue weighted by Gasteiger charge is -2.25. The first-order valence-corrected chi connectivity index (χ1v) is 9.75.